The van der Waals surface area contributed by atoms with E-state index in [9.17, 15) is 0 Å². The largest absolute Gasteiger partial charge is 0.389 e. The summed E-state index contributed by atoms with van der Waals surface area (Å²) >= 11 is 5.02. The van der Waals surface area contributed by atoms with E-state index in [4.69, 9.17) is 18.0 Å². The number of nitrogens with two attached hydrogens (primary N) is 1. The third-order valence-corrected chi connectivity index (χ3v) is 2.97. The zero-order valence-electron chi connectivity index (χ0n) is 10.9. The highest BCUT2D eigenvalue weighted by Crippen LogP contribution is 2.22. The van der Waals surface area contributed by atoms with Crippen molar-refractivity contribution in [1.82, 2.24) is 4.98 Å². The van der Waals surface area contributed by atoms with Crippen molar-refractivity contribution in [3.8, 4) is 0 Å². The molecule has 19 heavy (non-hydrogen) atoms. The van der Waals surface area contributed by atoms with Gasteiger partial charge in [-0.1, -0.05) is 12.2 Å². The number of anilines is 3. The Morgan fingerprint density at radius 2 is 1.89 bits per heavy atom. The van der Waals surface area contributed by atoms with Gasteiger partial charge < -0.3 is 16.0 Å². The van der Waals surface area contributed by atoms with Gasteiger partial charge in [0.2, 0.25) is 0 Å². The lowest BCUT2D eigenvalue weighted by Crippen LogP contribution is -2.12. The van der Waals surface area contributed by atoms with Crippen LogP contribution in [0, 0.1) is 0 Å². The van der Waals surface area contributed by atoms with Crippen LogP contribution >= 0.6 is 12.2 Å². The van der Waals surface area contributed by atoms with Gasteiger partial charge in [-0.2, -0.15) is 0 Å². The summed E-state index contributed by atoms with van der Waals surface area (Å²) < 4.78 is 0. The van der Waals surface area contributed by atoms with Crippen LogP contribution in [-0.4, -0.2) is 24.1 Å². The van der Waals surface area contributed by atoms with Gasteiger partial charge in [-0.05, 0) is 30.3 Å². The number of pyridine rings is 1. The lowest BCUT2D eigenvalue weighted by atomic mass is 10.2. The predicted octanol–water partition coefficient (Wildman–Crippen LogP) is 2.53. The number of hydrogen-bond acceptors (Lipinski definition) is 4. The standard InChI is InChI=1S/C14H16N4S/c1-18(2)11-5-3-10(4-6-11)17-13-9-16-8-7-12(13)14(15)19/h3-9,17H,1-2H3,(H2,15,19). The molecule has 1 aromatic heterocycles. The van der Waals surface area contributed by atoms with Crippen LogP contribution in [0.4, 0.5) is 17.1 Å². The molecule has 0 bridgehead atoms. The van der Waals surface area contributed by atoms with Gasteiger partial charge in [-0.3, -0.25) is 4.98 Å². The summed E-state index contributed by atoms with van der Waals surface area (Å²) in [4.78, 5) is 6.49. The summed E-state index contributed by atoms with van der Waals surface area (Å²) in [6.45, 7) is 0. The molecule has 4 nitrogen and oxygen atoms in total. The Morgan fingerprint density at radius 3 is 2.47 bits per heavy atom. The highest BCUT2D eigenvalue weighted by atomic mass is 32.1. The fourth-order valence-electron chi connectivity index (χ4n) is 1.71. The summed E-state index contributed by atoms with van der Waals surface area (Å²) in [6, 6.07) is 9.90. The van der Waals surface area contributed by atoms with E-state index >= 15 is 0 Å². The van der Waals surface area contributed by atoms with Crippen molar-refractivity contribution in [3.63, 3.8) is 0 Å². The molecule has 0 aliphatic heterocycles. The lowest BCUT2D eigenvalue weighted by Gasteiger charge is -2.14. The predicted molar refractivity (Wildman–Crippen MR) is 84.2 cm³/mol. The molecule has 0 aliphatic rings. The van der Waals surface area contributed by atoms with Crippen LogP contribution in [0.2, 0.25) is 0 Å². The second kappa shape index (κ2) is 5.67. The highest BCUT2D eigenvalue weighted by Gasteiger charge is 2.05. The monoisotopic (exact) mass is 272 g/mol. The molecule has 3 N–H and O–H groups in total. The van der Waals surface area contributed by atoms with Gasteiger partial charge in [0, 0.05) is 37.2 Å². The zero-order chi connectivity index (χ0) is 13.8. The first-order chi connectivity index (χ1) is 9.08. The highest BCUT2D eigenvalue weighted by molar-refractivity contribution is 7.80. The number of nitrogens with one attached hydrogen (secondary N) is 1. The van der Waals surface area contributed by atoms with E-state index < -0.39 is 0 Å². The van der Waals surface area contributed by atoms with Crippen molar-refractivity contribution < 1.29 is 0 Å². The molecule has 0 unspecified atom stereocenters. The molecule has 98 valence electrons. The van der Waals surface area contributed by atoms with E-state index in [1.165, 1.54) is 0 Å². The van der Waals surface area contributed by atoms with Gasteiger partial charge in [-0.15, -0.1) is 0 Å². The molecule has 0 fully saturated rings. The van der Waals surface area contributed by atoms with Crippen LogP contribution in [0.5, 0.6) is 0 Å². The summed E-state index contributed by atoms with van der Waals surface area (Å²) in [7, 11) is 4.02. The molecular weight excluding hydrogens is 256 g/mol. The minimum absolute atomic E-state index is 0.356. The second-order valence-corrected chi connectivity index (χ2v) is 4.79. The molecule has 2 aromatic rings. The molecule has 0 saturated carbocycles. The molecule has 0 spiro atoms. The zero-order valence-corrected chi connectivity index (χ0v) is 11.7. The van der Waals surface area contributed by atoms with Crippen molar-refractivity contribution in [2.45, 2.75) is 0 Å². The van der Waals surface area contributed by atoms with E-state index in [0.717, 1.165) is 22.6 Å². The normalized spacial score (nSPS) is 10.0. The van der Waals surface area contributed by atoms with Crippen molar-refractivity contribution >= 4 is 34.3 Å². The third-order valence-electron chi connectivity index (χ3n) is 2.75. The maximum Gasteiger partial charge on any atom is 0.106 e. The molecule has 5 heteroatoms. The van der Waals surface area contributed by atoms with Gasteiger partial charge in [-0.25, -0.2) is 0 Å². The number of rotatable bonds is 4. The van der Waals surface area contributed by atoms with E-state index in [-0.39, 0.29) is 0 Å². The molecular formula is C14H16N4S. The average Bonchev–Trinajstić information content (AvgIpc) is 2.39. The van der Waals surface area contributed by atoms with Crippen molar-refractivity contribution in [2.75, 3.05) is 24.3 Å². The van der Waals surface area contributed by atoms with Crippen LogP contribution < -0.4 is 16.0 Å². The fraction of sp³-hybridized carbons (Fsp3) is 0.143. The molecule has 0 radical (unpaired) electrons. The van der Waals surface area contributed by atoms with Gasteiger partial charge in [0.1, 0.15) is 4.99 Å². The molecule has 1 aromatic carbocycles. The van der Waals surface area contributed by atoms with Gasteiger partial charge in [0.05, 0.1) is 11.9 Å². The van der Waals surface area contributed by atoms with Crippen molar-refractivity contribution in [2.24, 2.45) is 5.73 Å². The van der Waals surface area contributed by atoms with E-state index in [1.54, 1.807) is 18.5 Å². The lowest BCUT2D eigenvalue weighted by molar-refractivity contribution is 1.13. The van der Waals surface area contributed by atoms with Gasteiger partial charge >= 0.3 is 0 Å². The number of benzene rings is 1. The molecule has 2 rings (SSSR count). The Balaban J connectivity index is 2.24. The molecule has 0 amide bonds. The second-order valence-electron chi connectivity index (χ2n) is 4.35. The van der Waals surface area contributed by atoms with Gasteiger partial charge in [0.25, 0.3) is 0 Å². The minimum Gasteiger partial charge on any atom is -0.389 e. The minimum atomic E-state index is 0.356. The van der Waals surface area contributed by atoms with E-state index in [2.05, 4.69) is 10.3 Å². The topological polar surface area (TPSA) is 54.2 Å². The van der Waals surface area contributed by atoms with Crippen LogP contribution in [0.1, 0.15) is 5.56 Å². The summed E-state index contributed by atoms with van der Waals surface area (Å²) in [5.74, 6) is 0. The SMILES string of the molecule is CN(C)c1ccc(Nc2cnccc2C(N)=S)cc1. The fourth-order valence-corrected chi connectivity index (χ4v) is 1.89. The van der Waals surface area contributed by atoms with Crippen molar-refractivity contribution in [1.29, 1.82) is 0 Å². The van der Waals surface area contributed by atoms with E-state index in [0.29, 0.717) is 4.99 Å². The molecule has 0 atom stereocenters. The molecule has 1 heterocycles. The van der Waals surface area contributed by atoms with Gasteiger partial charge in [0.15, 0.2) is 0 Å². The van der Waals surface area contributed by atoms with Crippen LogP contribution in [-0.2, 0) is 0 Å². The summed E-state index contributed by atoms with van der Waals surface area (Å²) in [5, 5.41) is 3.27. The Morgan fingerprint density at radius 1 is 1.21 bits per heavy atom. The maximum atomic E-state index is 5.69. The Hall–Kier alpha value is -2.14. The van der Waals surface area contributed by atoms with Crippen LogP contribution in [0.15, 0.2) is 42.7 Å². The molecule has 0 aliphatic carbocycles. The first-order valence-electron chi connectivity index (χ1n) is 5.86. The van der Waals surface area contributed by atoms with E-state index in [1.807, 2.05) is 43.3 Å². The Labute approximate surface area is 118 Å². The number of thiocarbonyl (C=S) groups is 1. The summed E-state index contributed by atoms with van der Waals surface area (Å²) in [6.07, 6.45) is 3.39. The Bertz CT molecular complexity index is 578. The maximum absolute atomic E-state index is 5.69. The quantitative estimate of drug-likeness (QED) is 0.838. The smallest absolute Gasteiger partial charge is 0.106 e. The number of aromatic nitrogens is 1. The average molecular weight is 272 g/mol. The first-order valence-corrected chi connectivity index (χ1v) is 6.27. The third kappa shape index (κ3) is 3.20. The molecule has 0 saturated heterocycles. The summed E-state index contributed by atoms with van der Waals surface area (Å²) in [5.41, 5.74) is 9.41. The van der Waals surface area contributed by atoms with Crippen LogP contribution in [0.25, 0.3) is 0 Å². The first kappa shape index (κ1) is 13.3. The Kier molecular flexibility index (Phi) is 3.97. The number of hydrogen-bond donors (Lipinski definition) is 2. The van der Waals surface area contributed by atoms with Crippen molar-refractivity contribution in [3.05, 3.63) is 48.3 Å². The number of nitrogens with zero attached hydrogens (tertiary/aromatic N) is 2. The van der Waals surface area contributed by atoms with Crippen LogP contribution in [0.3, 0.4) is 0 Å².